The molecule has 1 aliphatic heterocycles. The first-order valence-corrected chi connectivity index (χ1v) is 8.39. The Morgan fingerprint density at radius 3 is 2.58 bits per heavy atom. The standard InChI is InChI=1S/C16H17Cl2N3O5/c1-3-25-15(23)12-7(2)20-16(24)21-11(12)6-26-14(22)9-4-8(17)5-10(18)13(9)19/h4-5,7H,3,6,19H2,1-2H3,(H2,20,21,24)/t7-/m0/s1. The average Bonchev–Trinajstić information content (AvgIpc) is 2.55. The Hall–Kier alpha value is -2.45. The number of benzene rings is 1. The summed E-state index contributed by atoms with van der Waals surface area (Å²) in [5.74, 6) is -1.42. The Kier molecular flexibility index (Phi) is 6.33. The predicted molar refractivity (Wildman–Crippen MR) is 95.9 cm³/mol. The zero-order valence-electron chi connectivity index (χ0n) is 14.0. The normalized spacial score (nSPS) is 16.6. The van der Waals surface area contributed by atoms with E-state index in [0.717, 1.165) is 0 Å². The molecule has 2 rings (SSSR count). The van der Waals surface area contributed by atoms with Crippen LogP contribution in [0.25, 0.3) is 0 Å². The van der Waals surface area contributed by atoms with Crippen molar-refractivity contribution in [2.24, 2.45) is 0 Å². The third-order valence-corrected chi connectivity index (χ3v) is 4.06. The Bertz CT molecular complexity index is 794. The number of hydrogen-bond acceptors (Lipinski definition) is 6. The largest absolute Gasteiger partial charge is 0.463 e. The summed E-state index contributed by atoms with van der Waals surface area (Å²) < 4.78 is 10.1. The van der Waals surface area contributed by atoms with Crippen LogP contribution in [-0.2, 0) is 14.3 Å². The number of esters is 2. The first kappa shape index (κ1) is 19.9. The van der Waals surface area contributed by atoms with Crippen molar-refractivity contribution in [1.82, 2.24) is 10.6 Å². The number of ether oxygens (including phenoxy) is 2. The van der Waals surface area contributed by atoms with Gasteiger partial charge in [0, 0.05) is 5.02 Å². The van der Waals surface area contributed by atoms with Crippen LogP contribution in [0.15, 0.2) is 23.4 Å². The second kappa shape index (κ2) is 8.29. The van der Waals surface area contributed by atoms with Crippen LogP contribution in [0, 0.1) is 0 Å². The molecule has 0 spiro atoms. The number of nitrogen functional groups attached to an aromatic ring is 1. The molecule has 140 valence electrons. The molecule has 26 heavy (non-hydrogen) atoms. The smallest absolute Gasteiger partial charge is 0.340 e. The van der Waals surface area contributed by atoms with E-state index < -0.39 is 24.0 Å². The monoisotopic (exact) mass is 401 g/mol. The first-order valence-electron chi connectivity index (χ1n) is 7.63. The summed E-state index contributed by atoms with van der Waals surface area (Å²) in [5, 5.41) is 5.31. The fourth-order valence-corrected chi connectivity index (χ4v) is 2.86. The van der Waals surface area contributed by atoms with E-state index in [4.69, 9.17) is 38.4 Å². The first-order chi connectivity index (χ1) is 12.2. The summed E-state index contributed by atoms with van der Waals surface area (Å²) >= 11 is 11.8. The van der Waals surface area contributed by atoms with E-state index in [9.17, 15) is 14.4 Å². The molecule has 4 N–H and O–H groups in total. The molecule has 10 heteroatoms. The van der Waals surface area contributed by atoms with Crippen molar-refractivity contribution in [3.05, 3.63) is 39.0 Å². The lowest BCUT2D eigenvalue weighted by Crippen LogP contribution is -2.50. The van der Waals surface area contributed by atoms with Gasteiger partial charge in [0.05, 0.1) is 40.2 Å². The molecule has 0 aliphatic carbocycles. The lowest BCUT2D eigenvalue weighted by molar-refractivity contribution is -0.139. The highest BCUT2D eigenvalue weighted by molar-refractivity contribution is 6.37. The lowest BCUT2D eigenvalue weighted by atomic mass is 10.0. The number of hydrogen-bond donors (Lipinski definition) is 3. The number of nitrogens with two attached hydrogens (primary N) is 1. The second-order valence-corrected chi connectivity index (χ2v) is 6.20. The number of carbonyl (C=O) groups is 3. The van der Waals surface area contributed by atoms with Gasteiger partial charge >= 0.3 is 18.0 Å². The second-order valence-electron chi connectivity index (χ2n) is 5.36. The van der Waals surface area contributed by atoms with Crippen LogP contribution >= 0.6 is 23.2 Å². The minimum absolute atomic E-state index is 0.0170. The van der Waals surface area contributed by atoms with E-state index in [1.54, 1.807) is 13.8 Å². The third-order valence-electron chi connectivity index (χ3n) is 3.53. The van der Waals surface area contributed by atoms with Crippen molar-refractivity contribution in [1.29, 1.82) is 0 Å². The van der Waals surface area contributed by atoms with Crippen LogP contribution in [0.3, 0.4) is 0 Å². The maximum absolute atomic E-state index is 12.3. The zero-order chi connectivity index (χ0) is 19.4. The number of urea groups is 1. The minimum atomic E-state index is -0.803. The quantitative estimate of drug-likeness (QED) is 0.513. The number of halogens is 2. The maximum Gasteiger partial charge on any atom is 0.340 e. The number of carbonyl (C=O) groups excluding carboxylic acids is 3. The molecule has 2 amide bonds. The fourth-order valence-electron chi connectivity index (χ4n) is 2.36. The van der Waals surface area contributed by atoms with Crippen molar-refractivity contribution >= 4 is 46.9 Å². The van der Waals surface area contributed by atoms with E-state index in [1.165, 1.54) is 12.1 Å². The molecule has 0 unspecified atom stereocenters. The third kappa shape index (κ3) is 4.39. The molecule has 0 saturated heterocycles. The molecule has 1 atom stereocenters. The van der Waals surface area contributed by atoms with Gasteiger partial charge in [-0.15, -0.1) is 0 Å². The van der Waals surface area contributed by atoms with Gasteiger partial charge in [0.2, 0.25) is 0 Å². The van der Waals surface area contributed by atoms with Crippen LogP contribution in [-0.4, -0.2) is 37.2 Å². The molecular weight excluding hydrogens is 385 g/mol. The highest BCUT2D eigenvalue weighted by Crippen LogP contribution is 2.28. The fraction of sp³-hybridized carbons (Fsp3) is 0.312. The molecular formula is C16H17Cl2N3O5. The SMILES string of the molecule is CCOC(=O)C1=C(COC(=O)c2cc(Cl)cc(Cl)c2N)NC(=O)N[C@H]1C. The molecule has 0 radical (unpaired) electrons. The van der Waals surface area contributed by atoms with E-state index in [1.807, 2.05) is 0 Å². The molecule has 0 saturated carbocycles. The van der Waals surface area contributed by atoms with Gasteiger partial charge in [0.1, 0.15) is 6.61 Å². The van der Waals surface area contributed by atoms with E-state index in [-0.39, 0.29) is 45.8 Å². The summed E-state index contributed by atoms with van der Waals surface area (Å²) in [5.41, 5.74) is 6.05. The van der Waals surface area contributed by atoms with Gasteiger partial charge in [-0.05, 0) is 26.0 Å². The van der Waals surface area contributed by atoms with Gasteiger partial charge < -0.3 is 25.8 Å². The van der Waals surface area contributed by atoms with Crippen molar-refractivity contribution in [2.75, 3.05) is 18.9 Å². The highest BCUT2D eigenvalue weighted by atomic mass is 35.5. The average molecular weight is 402 g/mol. The van der Waals surface area contributed by atoms with Crippen LogP contribution < -0.4 is 16.4 Å². The van der Waals surface area contributed by atoms with E-state index >= 15 is 0 Å². The van der Waals surface area contributed by atoms with Gasteiger partial charge in [-0.2, -0.15) is 0 Å². The molecule has 1 aliphatic rings. The molecule has 1 heterocycles. The zero-order valence-corrected chi connectivity index (χ0v) is 15.5. The Morgan fingerprint density at radius 1 is 1.23 bits per heavy atom. The molecule has 0 aromatic heterocycles. The van der Waals surface area contributed by atoms with Crippen LogP contribution in [0.4, 0.5) is 10.5 Å². The van der Waals surface area contributed by atoms with Crippen molar-refractivity contribution in [3.8, 4) is 0 Å². The summed E-state index contributed by atoms with van der Waals surface area (Å²) in [6.07, 6.45) is 0. The van der Waals surface area contributed by atoms with E-state index in [2.05, 4.69) is 10.6 Å². The Morgan fingerprint density at radius 2 is 1.92 bits per heavy atom. The number of rotatable bonds is 5. The summed E-state index contributed by atoms with van der Waals surface area (Å²) in [7, 11) is 0. The molecule has 8 nitrogen and oxygen atoms in total. The van der Waals surface area contributed by atoms with Crippen molar-refractivity contribution in [2.45, 2.75) is 19.9 Å². The van der Waals surface area contributed by atoms with Crippen LogP contribution in [0.1, 0.15) is 24.2 Å². The van der Waals surface area contributed by atoms with Gasteiger partial charge in [-0.25, -0.2) is 14.4 Å². The summed E-state index contributed by atoms with van der Waals surface area (Å²) in [6, 6.07) is 1.57. The van der Waals surface area contributed by atoms with Gasteiger partial charge in [0.25, 0.3) is 0 Å². The van der Waals surface area contributed by atoms with Crippen LogP contribution in [0.5, 0.6) is 0 Å². The molecule has 0 fully saturated rings. The topological polar surface area (TPSA) is 120 Å². The highest BCUT2D eigenvalue weighted by Gasteiger charge is 2.30. The van der Waals surface area contributed by atoms with Crippen LogP contribution in [0.2, 0.25) is 10.0 Å². The molecule has 0 bridgehead atoms. The number of nitrogens with one attached hydrogen (secondary N) is 2. The number of amides is 2. The Balaban J connectivity index is 2.24. The molecule has 1 aromatic rings. The number of anilines is 1. The minimum Gasteiger partial charge on any atom is -0.463 e. The van der Waals surface area contributed by atoms with Crippen molar-refractivity contribution in [3.63, 3.8) is 0 Å². The van der Waals surface area contributed by atoms with Crippen molar-refractivity contribution < 1.29 is 23.9 Å². The Labute approximate surface area is 159 Å². The summed E-state index contributed by atoms with van der Waals surface area (Å²) in [6.45, 7) is 3.06. The predicted octanol–water partition coefficient (Wildman–Crippen LogP) is 2.25. The molecule has 1 aromatic carbocycles. The lowest BCUT2D eigenvalue weighted by Gasteiger charge is -2.26. The van der Waals surface area contributed by atoms with E-state index in [0.29, 0.717) is 0 Å². The van der Waals surface area contributed by atoms with Gasteiger partial charge in [-0.3, -0.25) is 0 Å². The summed E-state index contributed by atoms with van der Waals surface area (Å²) in [4.78, 5) is 36.1. The van der Waals surface area contributed by atoms with Gasteiger partial charge in [0.15, 0.2) is 0 Å². The van der Waals surface area contributed by atoms with Gasteiger partial charge in [-0.1, -0.05) is 23.2 Å². The maximum atomic E-state index is 12.3.